The summed E-state index contributed by atoms with van der Waals surface area (Å²) in [7, 11) is 0. The van der Waals surface area contributed by atoms with Crippen molar-refractivity contribution in [3.63, 3.8) is 0 Å². The Labute approximate surface area is 91.4 Å². The van der Waals surface area contributed by atoms with Gasteiger partial charge in [0.15, 0.2) is 0 Å². The Bertz CT molecular complexity index is 210. The molecule has 80 valence electrons. The fraction of sp³-hybridized carbons (Fsp3) is 1.00. The van der Waals surface area contributed by atoms with Crippen LogP contribution in [0.2, 0.25) is 0 Å². The third-order valence-electron chi connectivity index (χ3n) is 4.50. The molecule has 3 aliphatic rings. The van der Waals surface area contributed by atoms with Crippen molar-refractivity contribution in [3.05, 3.63) is 0 Å². The van der Waals surface area contributed by atoms with Crippen LogP contribution < -0.4 is 5.32 Å². The number of thioether (sulfide) groups is 1. The fourth-order valence-corrected chi connectivity index (χ4v) is 5.14. The van der Waals surface area contributed by atoms with Crippen LogP contribution in [0.25, 0.3) is 0 Å². The molecule has 1 aliphatic heterocycles. The normalized spacial score (nSPS) is 48.0. The number of nitrogens with one attached hydrogen (secondary N) is 1. The Morgan fingerprint density at radius 2 is 1.93 bits per heavy atom. The maximum Gasteiger partial charge on any atom is 0.0648 e. The molecule has 0 aromatic carbocycles. The van der Waals surface area contributed by atoms with Gasteiger partial charge in [0.25, 0.3) is 0 Å². The smallest absolute Gasteiger partial charge is 0.0648 e. The molecular formula is C12H21NS. The van der Waals surface area contributed by atoms with Gasteiger partial charge in [-0.3, -0.25) is 0 Å². The molecule has 14 heavy (non-hydrogen) atoms. The molecule has 0 radical (unpaired) electrons. The van der Waals surface area contributed by atoms with Gasteiger partial charge in [0.1, 0.15) is 0 Å². The first-order chi connectivity index (χ1) is 6.88. The van der Waals surface area contributed by atoms with Gasteiger partial charge in [-0.25, -0.2) is 0 Å². The van der Waals surface area contributed by atoms with Gasteiger partial charge in [-0.05, 0) is 31.1 Å². The number of hydrogen-bond acceptors (Lipinski definition) is 2. The van der Waals surface area contributed by atoms with Gasteiger partial charge in [0.05, 0.1) is 4.87 Å². The highest BCUT2D eigenvalue weighted by Gasteiger charge is 2.43. The van der Waals surface area contributed by atoms with Crippen LogP contribution in [0.4, 0.5) is 0 Å². The lowest BCUT2D eigenvalue weighted by atomic mass is 9.69. The van der Waals surface area contributed by atoms with Crippen molar-refractivity contribution in [1.82, 2.24) is 5.32 Å². The maximum atomic E-state index is 3.77. The van der Waals surface area contributed by atoms with Gasteiger partial charge >= 0.3 is 0 Å². The van der Waals surface area contributed by atoms with Crippen LogP contribution in [-0.4, -0.2) is 17.2 Å². The van der Waals surface area contributed by atoms with Crippen molar-refractivity contribution in [1.29, 1.82) is 0 Å². The maximum absolute atomic E-state index is 3.77. The molecule has 1 nitrogen and oxygen atoms in total. The van der Waals surface area contributed by atoms with E-state index in [2.05, 4.69) is 17.1 Å². The number of hydrogen-bond donors (Lipinski definition) is 1. The minimum absolute atomic E-state index is 0.526. The molecule has 2 heteroatoms. The predicted octanol–water partition coefficient (Wildman–Crippen LogP) is 3.01. The quantitative estimate of drug-likeness (QED) is 0.661. The molecule has 3 fully saturated rings. The summed E-state index contributed by atoms with van der Waals surface area (Å²) in [6, 6.07) is 0. The highest BCUT2D eigenvalue weighted by atomic mass is 32.2. The number of rotatable bonds is 0. The van der Waals surface area contributed by atoms with Crippen LogP contribution in [0.1, 0.15) is 44.9 Å². The van der Waals surface area contributed by atoms with Gasteiger partial charge in [-0.2, -0.15) is 0 Å². The predicted molar refractivity (Wildman–Crippen MR) is 62.5 cm³/mol. The Morgan fingerprint density at radius 1 is 1.07 bits per heavy atom. The Morgan fingerprint density at radius 3 is 2.71 bits per heavy atom. The summed E-state index contributed by atoms with van der Waals surface area (Å²) in [5.41, 5.74) is 0. The molecule has 1 spiro atoms. The van der Waals surface area contributed by atoms with Crippen molar-refractivity contribution in [2.75, 3.05) is 12.3 Å². The summed E-state index contributed by atoms with van der Waals surface area (Å²) in [5.74, 6) is 3.50. The van der Waals surface area contributed by atoms with Crippen LogP contribution in [-0.2, 0) is 0 Å². The van der Waals surface area contributed by atoms with E-state index in [-0.39, 0.29) is 0 Å². The average molecular weight is 211 g/mol. The van der Waals surface area contributed by atoms with E-state index in [1.165, 1.54) is 57.2 Å². The van der Waals surface area contributed by atoms with Gasteiger partial charge in [0, 0.05) is 12.3 Å². The SMILES string of the molecule is C1CCC2CC3(CCC2C1)NCCS3. The van der Waals surface area contributed by atoms with E-state index in [0.717, 1.165) is 11.8 Å². The molecule has 1 N–H and O–H groups in total. The first-order valence-electron chi connectivity index (χ1n) is 6.27. The zero-order valence-electron chi connectivity index (χ0n) is 8.93. The standard InChI is InChI=1S/C12H21NS/c1-2-4-11-9-12(13-7-8-14-12)6-5-10(11)3-1/h10-11,13H,1-9H2. The largest absolute Gasteiger partial charge is 0.302 e. The molecule has 1 heterocycles. The molecule has 0 aromatic heterocycles. The van der Waals surface area contributed by atoms with E-state index in [1.807, 2.05) is 0 Å². The van der Waals surface area contributed by atoms with E-state index in [9.17, 15) is 0 Å². The van der Waals surface area contributed by atoms with Gasteiger partial charge in [-0.15, -0.1) is 11.8 Å². The minimum Gasteiger partial charge on any atom is -0.302 e. The van der Waals surface area contributed by atoms with E-state index < -0.39 is 0 Å². The van der Waals surface area contributed by atoms with Crippen molar-refractivity contribution in [3.8, 4) is 0 Å². The summed E-state index contributed by atoms with van der Waals surface area (Å²) >= 11 is 2.21. The summed E-state index contributed by atoms with van der Waals surface area (Å²) in [5, 5.41) is 3.77. The van der Waals surface area contributed by atoms with Gasteiger partial charge < -0.3 is 5.32 Å². The van der Waals surface area contributed by atoms with E-state index >= 15 is 0 Å². The van der Waals surface area contributed by atoms with E-state index in [0.29, 0.717) is 4.87 Å². The lowest BCUT2D eigenvalue weighted by Gasteiger charge is -2.44. The minimum atomic E-state index is 0.526. The lowest BCUT2D eigenvalue weighted by Crippen LogP contribution is -2.45. The fourth-order valence-electron chi connectivity index (χ4n) is 3.75. The Hall–Kier alpha value is 0.310. The second-order valence-electron chi connectivity index (χ2n) is 5.32. The van der Waals surface area contributed by atoms with Crippen LogP contribution in [0.5, 0.6) is 0 Å². The third-order valence-corrected chi connectivity index (χ3v) is 5.98. The van der Waals surface area contributed by atoms with E-state index in [1.54, 1.807) is 0 Å². The zero-order valence-corrected chi connectivity index (χ0v) is 9.74. The van der Waals surface area contributed by atoms with Crippen molar-refractivity contribution in [2.45, 2.75) is 49.8 Å². The Kier molecular flexibility index (Phi) is 2.53. The second kappa shape index (κ2) is 3.71. The van der Waals surface area contributed by atoms with Gasteiger partial charge in [-0.1, -0.05) is 25.7 Å². The number of fused-ring (bicyclic) bond motifs is 1. The molecular weight excluding hydrogens is 190 g/mol. The molecule has 3 unspecified atom stereocenters. The second-order valence-corrected chi connectivity index (χ2v) is 6.80. The highest BCUT2D eigenvalue weighted by molar-refractivity contribution is 8.00. The summed E-state index contributed by atoms with van der Waals surface area (Å²) in [6.45, 7) is 1.25. The molecule has 2 saturated carbocycles. The average Bonchev–Trinajstić information content (AvgIpc) is 2.66. The van der Waals surface area contributed by atoms with Gasteiger partial charge in [0.2, 0.25) is 0 Å². The molecule has 3 rings (SSSR count). The van der Waals surface area contributed by atoms with Crippen molar-refractivity contribution >= 4 is 11.8 Å². The zero-order chi connectivity index (χ0) is 9.43. The van der Waals surface area contributed by atoms with Crippen LogP contribution >= 0.6 is 11.8 Å². The first kappa shape index (κ1) is 9.53. The molecule has 0 amide bonds. The highest BCUT2D eigenvalue weighted by Crippen LogP contribution is 2.49. The van der Waals surface area contributed by atoms with Crippen molar-refractivity contribution < 1.29 is 0 Å². The topological polar surface area (TPSA) is 12.0 Å². The first-order valence-corrected chi connectivity index (χ1v) is 7.26. The van der Waals surface area contributed by atoms with Crippen LogP contribution in [0, 0.1) is 11.8 Å². The molecule has 1 saturated heterocycles. The molecule has 2 aliphatic carbocycles. The Balaban J connectivity index is 1.70. The molecule has 0 aromatic rings. The third kappa shape index (κ3) is 1.61. The lowest BCUT2D eigenvalue weighted by molar-refractivity contribution is 0.135. The summed E-state index contributed by atoms with van der Waals surface area (Å²) < 4.78 is 0. The molecule has 0 bridgehead atoms. The van der Waals surface area contributed by atoms with Crippen LogP contribution in [0.3, 0.4) is 0 Å². The monoisotopic (exact) mass is 211 g/mol. The van der Waals surface area contributed by atoms with E-state index in [4.69, 9.17) is 0 Å². The molecule has 3 atom stereocenters. The van der Waals surface area contributed by atoms with Crippen LogP contribution in [0.15, 0.2) is 0 Å². The van der Waals surface area contributed by atoms with Crippen molar-refractivity contribution in [2.24, 2.45) is 11.8 Å². The summed E-state index contributed by atoms with van der Waals surface area (Å²) in [6.07, 6.45) is 10.5. The summed E-state index contributed by atoms with van der Waals surface area (Å²) in [4.78, 5) is 0.526.